The van der Waals surface area contributed by atoms with Gasteiger partial charge in [-0.2, -0.15) is 0 Å². The molecule has 2 N–H and O–H groups in total. The SMILES string of the molecule is C=CCNC(C)(C(=O)OC)c1ccc(O)c(OC)c1. The number of phenols is 1. The van der Waals surface area contributed by atoms with Gasteiger partial charge in [0.25, 0.3) is 0 Å². The maximum atomic E-state index is 12.0. The molecule has 0 heterocycles. The third-order valence-corrected chi connectivity index (χ3v) is 2.95. The quantitative estimate of drug-likeness (QED) is 0.603. The Hall–Kier alpha value is -2.01. The van der Waals surface area contributed by atoms with Crippen LogP contribution in [0.15, 0.2) is 30.9 Å². The maximum Gasteiger partial charge on any atom is 0.330 e. The summed E-state index contributed by atoms with van der Waals surface area (Å²) in [5.74, 6) is -0.114. The van der Waals surface area contributed by atoms with E-state index >= 15 is 0 Å². The van der Waals surface area contributed by atoms with E-state index in [0.717, 1.165) is 0 Å². The van der Waals surface area contributed by atoms with Crippen molar-refractivity contribution in [3.63, 3.8) is 0 Å². The zero-order valence-electron chi connectivity index (χ0n) is 11.4. The Morgan fingerprint density at radius 3 is 2.74 bits per heavy atom. The lowest BCUT2D eigenvalue weighted by atomic mass is 9.91. The molecule has 0 aromatic heterocycles. The molecule has 5 heteroatoms. The van der Waals surface area contributed by atoms with Crippen molar-refractivity contribution in [3.05, 3.63) is 36.4 Å². The molecule has 1 rings (SSSR count). The molecular weight excluding hydrogens is 246 g/mol. The van der Waals surface area contributed by atoms with Crippen molar-refractivity contribution in [2.45, 2.75) is 12.5 Å². The molecule has 0 saturated carbocycles. The number of benzene rings is 1. The summed E-state index contributed by atoms with van der Waals surface area (Å²) in [6.07, 6.45) is 1.65. The Morgan fingerprint density at radius 1 is 1.53 bits per heavy atom. The molecule has 0 fully saturated rings. The molecule has 1 atom stereocenters. The fourth-order valence-corrected chi connectivity index (χ4v) is 1.76. The number of esters is 1. The molecule has 0 saturated heterocycles. The lowest BCUT2D eigenvalue weighted by molar-refractivity contribution is -0.148. The molecule has 0 amide bonds. The smallest absolute Gasteiger partial charge is 0.330 e. The van der Waals surface area contributed by atoms with E-state index < -0.39 is 11.5 Å². The minimum atomic E-state index is -1.04. The molecule has 19 heavy (non-hydrogen) atoms. The van der Waals surface area contributed by atoms with E-state index in [1.165, 1.54) is 20.3 Å². The van der Waals surface area contributed by atoms with E-state index in [0.29, 0.717) is 17.9 Å². The molecule has 0 aliphatic rings. The van der Waals surface area contributed by atoms with Crippen LogP contribution in [0.2, 0.25) is 0 Å². The highest BCUT2D eigenvalue weighted by Crippen LogP contribution is 2.32. The van der Waals surface area contributed by atoms with E-state index in [1.807, 2.05) is 0 Å². The Labute approximate surface area is 112 Å². The van der Waals surface area contributed by atoms with Crippen LogP contribution in [0.3, 0.4) is 0 Å². The Bertz CT molecular complexity index is 473. The van der Waals surface area contributed by atoms with E-state index in [2.05, 4.69) is 11.9 Å². The summed E-state index contributed by atoms with van der Waals surface area (Å²) in [4.78, 5) is 12.0. The van der Waals surface area contributed by atoms with E-state index in [9.17, 15) is 9.90 Å². The van der Waals surface area contributed by atoms with Crippen LogP contribution < -0.4 is 10.1 Å². The van der Waals surface area contributed by atoms with Crippen molar-refractivity contribution in [3.8, 4) is 11.5 Å². The summed E-state index contributed by atoms with van der Waals surface area (Å²) in [5.41, 5.74) is -0.403. The molecule has 5 nitrogen and oxygen atoms in total. The molecule has 1 unspecified atom stereocenters. The fraction of sp³-hybridized carbons (Fsp3) is 0.357. The Kier molecular flexibility index (Phi) is 4.94. The lowest BCUT2D eigenvalue weighted by Gasteiger charge is -2.28. The van der Waals surface area contributed by atoms with Gasteiger partial charge in [0.1, 0.15) is 5.54 Å². The molecule has 1 aromatic rings. The number of nitrogens with one attached hydrogen (secondary N) is 1. The van der Waals surface area contributed by atoms with Gasteiger partial charge in [0.15, 0.2) is 11.5 Å². The molecule has 1 aromatic carbocycles. The van der Waals surface area contributed by atoms with Crippen LogP contribution in [0.4, 0.5) is 0 Å². The minimum absolute atomic E-state index is 0.0159. The Balaban J connectivity index is 3.24. The second-order valence-electron chi connectivity index (χ2n) is 4.17. The molecular formula is C14H19NO4. The number of hydrogen-bond donors (Lipinski definition) is 2. The second kappa shape index (κ2) is 6.24. The average molecular weight is 265 g/mol. The number of carbonyl (C=O) groups is 1. The van der Waals surface area contributed by atoms with Crippen molar-refractivity contribution in [2.24, 2.45) is 0 Å². The zero-order chi connectivity index (χ0) is 14.5. The first-order chi connectivity index (χ1) is 8.99. The summed E-state index contributed by atoms with van der Waals surface area (Å²) in [6, 6.07) is 4.72. The van der Waals surface area contributed by atoms with Crippen LogP contribution in [0.25, 0.3) is 0 Å². The predicted molar refractivity (Wildman–Crippen MR) is 72.2 cm³/mol. The molecule has 0 aliphatic heterocycles. The number of carbonyl (C=O) groups excluding carboxylic acids is 1. The van der Waals surface area contributed by atoms with Crippen molar-refractivity contribution < 1.29 is 19.4 Å². The summed E-state index contributed by atoms with van der Waals surface area (Å²) in [7, 11) is 2.78. The van der Waals surface area contributed by atoms with Gasteiger partial charge in [0.05, 0.1) is 14.2 Å². The summed E-state index contributed by atoms with van der Waals surface area (Å²) < 4.78 is 9.88. The molecule has 104 valence electrons. The standard InChI is InChI=1S/C14H19NO4/c1-5-8-15-14(2,13(17)19-4)10-6-7-11(16)12(9-10)18-3/h5-7,9,15-16H,1,8H2,2-4H3. The molecule has 0 aliphatic carbocycles. The highest BCUT2D eigenvalue weighted by molar-refractivity contribution is 5.82. The molecule has 0 bridgehead atoms. The topological polar surface area (TPSA) is 67.8 Å². The van der Waals surface area contributed by atoms with Crippen molar-refractivity contribution in [2.75, 3.05) is 20.8 Å². The van der Waals surface area contributed by atoms with Gasteiger partial charge in [-0.15, -0.1) is 6.58 Å². The van der Waals surface area contributed by atoms with Gasteiger partial charge in [0.2, 0.25) is 0 Å². The number of rotatable bonds is 6. The lowest BCUT2D eigenvalue weighted by Crippen LogP contribution is -2.47. The van der Waals surface area contributed by atoms with E-state index in [4.69, 9.17) is 9.47 Å². The van der Waals surface area contributed by atoms with Crippen LogP contribution in [0.1, 0.15) is 12.5 Å². The first-order valence-corrected chi connectivity index (χ1v) is 5.81. The van der Waals surface area contributed by atoms with Crippen molar-refractivity contribution in [1.82, 2.24) is 5.32 Å². The average Bonchev–Trinajstić information content (AvgIpc) is 2.44. The van der Waals surface area contributed by atoms with Crippen LogP contribution >= 0.6 is 0 Å². The third kappa shape index (κ3) is 3.06. The molecule has 0 spiro atoms. The van der Waals surface area contributed by atoms with E-state index in [-0.39, 0.29) is 5.75 Å². The van der Waals surface area contributed by atoms with Gasteiger partial charge in [-0.3, -0.25) is 5.32 Å². The highest BCUT2D eigenvalue weighted by atomic mass is 16.5. The summed E-state index contributed by atoms with van der Waals surface area (Å²) >= 11 is 0. The largest absolute Gasteiger partial charge is 0.504 e. The van der Waals surface area contributed by atoms with Crippen LogP contribution in [-0.4, -0.2) is 31.8 Å². The van der Waals surface area contributed by atoms with Gasteiger partial charge < -0.3 is 14.6 Å². The zero-order valence-corrected chi connectivity index (χ0v) is 11.4. The maximum absolute atomic E-state index is 12.0. The second-order valence-corrected chi connectivity index (χ2v) is 4.17. The van der Waals surface area contributed by atoms with Gasteiger partial charge in [0, 0.05) is 6.54 Å². The number of methoxy groups -OCH3 is 2. The van der Waals surface area contributed by atoms with Gasteiger partial charge in [-0.05, 0) is 24.6 Å². The monoisotopic (exact) mass is 265 g/mol. The first-order valence-electron chi connectivity index (χ1n) is 5.81. The minimum Gasteiger partial charge on any atom is -0.504 e. The predicted octanol–water partition coefficient (Wildman–Crippen LogP) is 1.56. The number of phenolic OH excluding ortho intramolecular Hbond substituents is 1. The van der Waals surface area contributed by atoms with Gasteiger partial charge in [-0.1, -0.05) is 12.1 Å². The summed E-state index contributed by atoms with van der Waals surface area (Å²) in [6.45, 7) is 5.75. The molecule has 0 radical (unpaired) electrons. The van der Waals surface area contributed by atoms with Crippen LogP contribution in [0, 0.1) is 0 Å². The number of hydrogen-bond acceptors (Lipinski definition) is 5. The van der Waals surface area contributed by atoms with Crippen molar-refractivity contribution >= 4 is 5.97 Å². The van der Waals surface area contributed by atoms with E-state index in [1.54, 1.807) is 25.1 Å². The number of aromatic hydroxyl groups is 1. The normalized spacial score (nSPS) is 13.4. The van der Waals surface area contributed by atoms with Gasteiger partial charge in [-0.25, -0.2) is 4.79 Å². The van der Waals surface area contributed by atoms with Crippen molar-refractivity contribution in [1.29, 1.82) is 0 Å². The number of ether oxygens (including phenoxy) is 2. The first kappa shape index (κ1) is 15.0. The third-order valence-electron chi connectivity index (χ3n) is 2.95. The van der Waals surface area contributed by atoms with Gasteiger partial charge >= 0.3 is 5.97 Å². The summed E-state index contributed by atoms with van der Waals surface area (Å²) in [5, 5.41) is 12.6. The van der Waals surface area contributed by atoms with Crippen LogP contribution in [-0.2, 0) is 15.1 Å². The van der Waals surface area contributed by atoms with Crippen LogP contribution in [0.5, 0.6) is 11.5 Å². The Morgan fingerprint density at radius 2 is 2.21 bits per heavy atom. The highest BCUT2D eigenvalue weighted by Gasteiger charge is 2.36. The fourth-order valence-electron chi connectivity index (χ4n) is 1.76.